The summed E-state index contributed by atoms with van der Waals surface area (Å²) in [5.74, 6) is 0.703. The normalized spacial score (nSPS) is 11.2. The van der Waals surface area contributed by atoms with Gasteiger partial charge in [-0.3, -0.25) is 0 Å². The first-order valence-electron chi connectivity index (χ1n) is 10.8. The molecule has 0 aliphatic carbocycles. The van der Waals surface area contributed by atoms with E-state index in [0.717, 1.165) is 41.7 Å². The number of hydrogen-bond donors (Lipinski definition) is 0. The third kappa shape index (κ3) is 4.54. The number of hydrogen-bond acceptors (Lipinski definition) is 4. The highest BCUT2D eigenvalue weighted by Crippen LogP contribution is 2.36. The van der Waals surface area contributed by atoms with Crippen molar-refractivity contribution in [2.75, 3.05) is 26.2 Å². The maximum Gasteiger partial charge on any atom is 0.344 e. The van der Waals surface area contributed by atoms with Crippen LogP contribution in [0.3, 0.4) is 0 Å². The molecule has 4 heteroatoms. The van der Waals surface area contributed by atoms with Gasteiger partial charge in [-0.25, -0.2) is 4.79 Å². The van der Waals surface area contributed by atoms with Gasteiger partial charge in [-0.05, 0) is 36.3 Å². The topological polar surface area (TPSA) is 42.7 Å². The lowest BCUT2D eigenvalue weighted by Crippen LogP contribution is -2.27. The molecular weight excluding hydrogens is 386 g/mol. The molecule has 0 saturated carbocycles. The number of ether oxygens (including phenoxy) is 1. The molecule has 4 nitrogen and oxygen atoms in total. The Morgan fingerprint density at radius 1 is 0.806 bits per heavy atom. The Balaban J connectivity index is 1.80. The predicted molar refractivity (Wildman–Crippen MR) is 127 cm³/mol. The molecule has 4 aromatic rings. The van der Waals surface area contributed by atoms with Gasteiger partial charge in [-0.1, -0.05) is 74.5 Å². The third-order valence-electron chi connectivity index (χ3n) is 5.57. The fourth-order valence-corrected chi connectivity index (χ4v) is 3.88. The number of nitrogens with zero attached hydrogens (tertiary/aromatic N) is 1. The zero-order valence-corrected chi connectivity index (χ0v) is 18.0. The monoisotopic (exact) mass is 413 g/mol. The second-order valence-corrected chi connectivity index (χ2v) is 7.40. The van der Waals surface area contributed by atoms with Crippen LogP contribution in [0.2, 0.25) is 0 Å². The third-order valence-corrected chi connectivity index (χ3v) is 5.57. The Hall–Kier alpha value is -3.37. The van der Waals surface area contributed by atoms with Gasteiger partial charge in [-0.15, -0.1) is 0 Å². The van der Waals surface area contributed by atoms with E-state index in [2.05, 4.69) is 18.7 Å². The van der Waals surface area contributed by atoms with Crippen LogP contribution >= 0.6 is 0 Å². The first-order chi connectivity index (χ1) is 15.2. The maximum atomic E-state index is 13.1. The fourth-order valence-electron chi connectivity index (χ4n) is 3.88. The van der Waals surface area contributed by atoms with Crippen LogP contribution in [-0.2, 0) is 0 Å². The predicted octanol–water partition coefficient (Wildman–Crippen LogP) is 5.85. The molecule has 158 valence electrons. The molecule has 0 atom stereocenters. The molecular formula is C27H27NO3. The van der Waals surface area contributed by atoms with Gasteiger partial charge in [-0.2, -0.15) is 0 Å². The van der Waals surface area contributed by atoms with Crippen molar-refractivity contribution in [1.29, 1.82) is 0 Å². The quantitative estimate of drug-likeness (QED) is 0.340. The van der Waals surface area contributed by atoms with Crippen molar-refractivity contribution in [1.82, 2.24) is 4.90 Å². The molecule has 0 amide bonds. The summed E-state index contributed by atoms with van der Waals surface area (Å²) in [5, 5.41) is 0.890. The van der Waals surface area contributed by atoms with Gasteiger partial charge in [0.15, 0.2) is 0 Å². The van der Waals surface area contributed by atoms with Gasteiger partial charge in [0.2, 0.25) is 0 Å². The molecule has 0 bridgehead atoms. The molecule has 0 N–H and O–H groups in total. The summed E-state index contributed by atoms with van der Waals surface area (Å²) >= 11 is 0. The van der Waals surface area contributed by atoms with E-state index >= 15 is 0 Å². The van der Waals surface area contributed by atoms with Gasteiger partial charge in [0.05, 0.1) is 5.56 Å². The van der Waals surface area contributed by atoms with Crippen molar-refractivity contribution in [2.24, 2.45) is 0 Å². The van der Waals surface area contributed by atoms with E-state index in [-0.39, 0.29) is 5.63 Å². The molecule has 0 spiro atoms. The highest BCUT2D eigenvalue weighted by molar-refractivity contribution is 6.01. The Bertz CT molecular complexity index is 1200. The van der Waals surface area contributed by atoms with Crippen LogP contribution in [-0.4, -0.2) is 31.1 Å². The molecule has 1 heterocycles. The van der Waals surface area contributed by atoms with Crippen molar-refractivity contribution >= 4 is 11.0 Å². The highest BCUT2D eigenvalue weighted by atomic mass is 16.5. The van der Waals surface area contributed by atoms with E-state index in [9.17, 15) is 4.79 Å². The van der Waals surface area contributed by atoms with Crippen LogP contribution in [0, 0.1) is 0 Å². The summed E-state index contributed by atoms with van der Waals surface area (Å²) in [6.45, 7) is 7.72. The molecule has 0 saturated heterocycles. The second-order valence-electron chi connectivity index (χ2n) is 7.40. The number of rotatable bonds is 8. The molecule has 3 aromatic carbocycles. The van der Waals surface area contributed by atoms with E-state index < -0.39 is 0 Å². The van der Waals surface area contributed by atoms with Gasteiger partial charge in [0, 0.05) is 23.6 Å². The highest BCUT2D eigenvalue weighted by Gasteiger charge is 2.18. The van der Waals surface area contributed by atoms with E-state index in [1.54, 1.807) is 0 Å². The van der Waals surface area contributed by atoms with Crippen molar-refractivity contribution in [2.45, 2.75) is 13.8 Å². The first kappa shape index (κ1) is 20.9. The Morgan fingerprint density at radius 3 is 2.03 bits per heavy atom. The lowest BCUT2D eigenvalue weighted by molar-refractivity contribution is 0.223. The molecule has 0 aliphatic rings. The van der Waals surface area contributed by atoms with Crippen LogP contribution in [0.4, 0.5) is 0 Å². The Kier molecular flexibility index (Phi) is 6.48. The smallest absolute Gasteiger partial charge is 0.344 e. The van der Waals surface area contributed by atoms with Crippen LogP contribution in [0.25, 0.3) is 33.2 Å². The summed E-state index contributed by atoms with van der Waals surface area (Å²) < 4.78 is 11.7. The van der Waals surface area contributed by atoms with Gasteiger partial charge < -0.3 is 14.1 Å². The average Bonchev–Trinajstić information content (AvgIpc) is 2.82. The summed E-state index contributed by atoms with van der Waals surface area (Å²) in [7, 11) is 0. The lowest BCUT2D eigenvalue weighted by Gasteiger charge is -2.18. The lowest BCUT2D eigenvalue weighted by atomic mass is 9.93. The van der Waals surface area contributed by atoms with Crippen LogP contribution < -0.4 is 10.4 Å². The van der Waals surface area contributed by atoms with Crippen LogP contribution in [0.1, 0.15) is 13.8 Å². The van der Waals surface area contributed by atoms with Gasteiger partial charge >= 0.3 is 5.63 Å². The minimum absolute atomic E-state index is 0.349. The number of likely N-dealkylation sites (N-methyl/N-ethyl adjacent to an activating group) is 1. The molecule has 0 radical (unpaired) electrons. The minimum atomic E-state index is -0.349. The van der Waals surface area contributed by atoms with Crippen molar-refractivity contribution in [3.05, 3.63) is 89.3 Å². The van der Waals surface area contributed by atoms with E-state index in [1.807, 2.05) is 78.9 Å². The largest absolute Gasteiger partial charge is 0.492 e. The van der Waals surface area contributed by atoms with E-state index in [0.29, 0.717) is 23.5 Å². The number of fused-ring (bicyclic) bond motifs is 1. The maximum absolute atomic E-state index is 13.1. The van der Waals surface area contributed by atoms with Crippen molar-refractivity contribution < 1.29 is 9.15 Å². The molecule has 1 aromatic heterocycles. The second kappa shape index (κ2) is 9.63. The zero-order valence-electron chi connectivity index (χ0n) is 18.0. The van der Waals surface area contributed by atoms with Gasteiger partial charge in [0.25, 0.3) is 0 Å². The molecule has 4 rings (SSSR count). The Labute approximate surface area is 182 Å². The van der Waals surface area contributed by atoms with Crippen LogP contribution in [0.5, 0.6) is 5.75 Å². The minimum Gasteiger partial charge on any atom is -0.492 e. The average molecular weight is 414 g/mol. The van der Waals surface area contributed by atoms with E-state index in [4.69, 9.17) is 9.15 Å². The molecule has 0 aliphatic heterocycles. The summed E-state index contributed by atoms with van der Waals surface area (Å²) in [5.41, 5.74) is 3.47. The number of benzene rings is 3. The van der Waals surface area contributed by atoms with Crippen LogP contribution in [0.15, 0.2) is 88.1 Å². The fraction of sp³-hybridized carbons (Fsp3) is 0.222. The van der Waals surface area contributed by atoms with Crippen molar-refractivity contribution in [3.63, 3.8) is 0 Å². The van der Waals surface area contributed by atoms with Gasteiger partial charge in [0.1, 0.15) is 17.9 Å². The Morgan fingerprint density at radius 2 is 1.42 bits per heavy atom. The van der Waals surface area contributed by atoms with E-state index in [1.165, 1.54) is 0 Å². The zero-order chi connectivity index (χ0) is 21.6. The summed E-state index contributed by atoms with van der Waals surface area (Å²) in [4.78, 5) is 15.4. The first-order valence-corrected chi connectivity index (χ1v) is 10.8. The van der Waals surface area contributed by atoms with Crippen molar-refractivity contribution in [3.8, 4) is 28.0 Å². The standard InChI is InChI=1S/C27H27NO3/c1-3-28(4-2)17-18-30-22-15-16-23-24(19-22)31-27(29)26(21-13-9-6-10-14-21)25(23)20-11-7-5-8-12-20/h5-16,19H,3-4,17-18H2,1-2H3. The molecule has 0 fully saturated rings. The SMILES string of the molecule is CCN(CC)CCOc1ccc2c(-c3ccccc3)c(-c3ccccc3)c(=O)oc2c1. The molecule has 0 unspecified atom stereocenters. The summed E-state index contributed by atoms with van der Waals surface area (Å²) in [6.07, 6.45) is 0. The summed E-state index contributed by atoms with van der Waals surface area (Å²) in [6, 6.07) is 25.4. The molecule has 31 heavy (non-hydrogen) atoms.